The number of nitrogens with zero attached hydrogens (tertiary/aromatic N) is 1. The van der Waals surface area contributed by atoms with Gasteiger partial charge in [0, 0.05) is 18.5 Å². The number of hydrogen-bond donors (Lipinski definition) is 1. The summed E-state index contributed by atoms with van der Waals surface area (Å²) in [4.78, 5) is 4.39. The molecule has 1 aromatic carbocycles. The highest BCUT2D eigenvalue weighted by atomic mass is 16.4. The van der Waals surface area contributed by atoms with Gasteiger partial charge in [-0.05, 0) is 18.4 Å². The molecule has 0 spiro atoms. The zero-order valence-corrected chi connectivity index (χ0v) is 11.2. The van der Waals surface area contributed by atoms with Crippen molar-refractivity contribution in [3.63, 3.8) is 0 Å². The number of benzene rings is 1. The molecule has 0 atom stereocenters. The first-order chi connectivity index (χ1) is 8.61. The normalized spacial score (nSPS) is 11.2. The molecule has 0 aliphatic carbocycles. The van der Waals surface area contributed by atoms with Crippen molar-refractivity contribution >= 4 is 0 Å². The van der Waals surface area contributed by atoms with Crippen LogP contribution in [0.25, 0.3) is 11.3 Å². The Bertz CT molecular complexity index is 512. The van der Waals surface area contributed by atoms with Gasteiger partial charge in [-0.2, -0.15) is 0 Å². The lowest BCUT2D eigenvalue weighted by atomic mass is 10.0. The maximum Gasteiger partial charge on any atom is 0.196 e. The Morgan fingerprint density at radius 3 is 2.44 bits per heavy atom. The van der Waals surface area contributed by atoms with E-state index in [-0.39, 0.29) is 0 Å². The van der Waals surface area contributed by atoms with Crippen LogP contribution < -0.4 is 5.73 Å². The number of oxazole rings is 1. The zero-order chi connectivity index (χ0) is 13.1. The minimum absolute atomic E-state index is 0.544. The first kappa shape index (κ1) is 12.8. The van der Waals surface area contributed by atoms with Crippen LogP contribution in [0.3, 0.4) is 0 Å². The van der Waals surface area contributed by atoms with Crippen molar-refractivity contribution in [3.8, 4) is 11.3 Å². The molecule has 2 rings (SSSR count). The molecule has 96 valence electrons. The second-order valence-corrected chi connectivity index (χ2v) is 4.84. The fraction of sp³-hybridized carbons (Fsp3) is 0.400. The van der Waals surface area contributed by atoms with Gasteiger partial charge in [-0.25, -0.2) is 4.98 Å². The summed E-state index contributed by atoms with van der Waals surface area (Å²) < 4.78 is 5.75. The van der Waals surface area contributed by atoms with E-state index in [2.05, 4.69) is 43.1 Å². The van der Waals surface area contributed by atoms with E-state index >= 15 is 0 Å². The van der Waals surface area contributed by atoms with Gasteiger partial charge in [0.2, 0.25) is 0 Å². The van der Waals surface area contributed by atoms with E-state index in [0.29, 0.717) is 18.9 Å². The third-order valence-electron chi connectivity index (χ3n) is 3.04. The Balaban J connectivity index is 2.30. The van der Waals surface area contributed by atoms with E-state index in [1.165, 1.54) is 5.56 Å². The van der Waals surface area contributed by atoms with E-state index in [1.807, 2.05) is 6.92 Å². The highest BCUT2D eigenvalue weighted by Gasteiger charge is 2.11. The summed E-state index contributed by atoms with van der Waals surface area (Å²) in [5.74, 6) is 2.12. The van der Waals surface area contributed by atoms with Crippen molar-refractivity contribution < 1.29 is 4.42 Å². The van der Waals surface area contributed by atoms with Gasteiger partial charge in [0.25, 0.3) is 0 Å². The van der Waals surface area contributed by atoms with Gasteiger partial charge in [0.15, 0.2) is 11.7 Å². The highest BCUT2D eigenvalue weighted by molar-refractivity contribution is 5.60. The smallest absolute Gasteiger partial charge is 0.196 e. The van der Waals surface area contributed by atoms with Gasteiger partial charge in [0.1, 0.15) is 0 Å². The summed E-state index contributed by atoms with van der Waals surface area (Å²) in [7, 11) is 0. The van der Waals surface area contributed by atoms with Crippen LogP contribution in [0.5, 0.6) is 0 Å². The zero-order valence-electron chi connectivity index (χ0n) is 11.2. The molecule has 3 nitrogen and oxygen atoms in total. The van der Waals surface area contributed by atoms with Gasteiger partial charge >= 0.3 is 0 Å². The average Bonchev–Trinajstić information content (AvgIpc) is 2.71. The Labute approximate surface area is 108 Å². The number of rotatable bonds is 4. The van der Waals surface area contributed by atoms with Crippen LogP contribution in [-0.2, 0) is 6.42 Å². The van der Waals surface area contributed by atoms with Crippen LogP contribution in [0.2, 0.25) is 0 Å². The molecule has 0 fully saturated rings. The average molecular weight is 244 g/mol. The van der Waals surface area contributed by atoms with Gasteiger partial charge in [-0.15, -0.1) is 0 Å². The van der Waals surface area contributed by atoms with E-state index in [4.69, 9.17) is 10.2 Å². The summed E-state index contributed by atoms with van der Waals surface area (Å²) in [6.07, 6.45) is 0.685. The largest absolute Gasteiger partial charge is 0.440 e. The van der Waals surface area contributed by atoms with E-state index in [0.717, 1.165) is 22.9 Å². The Morgan fingerprint density at radius 2 is 1.89 bits per heavy atom. The van der Waals surface area contributed by atoms with Gasteiger partial charge in [-0.3, -0.25) is 0 Å². The molecule has 0 saturated carbocycles. The molecular weight excluding hydrogens is 224 g/mol. The molecule has 0 bridgehead atoms. The summed E-state index contributed by atoms with van der Waals surface area (Å²) >= 11 is 0. The van der Waals surface area contributed by atoms with Crippen LogP contribution >= 0.6 is 0 Å². The summed E-state index contributed by atoms with van der Waals surface area (Å²) in [6, 6.07) is 8.47. The van der Waals surface area contributed by atoms with Gasteiger partial charge in [0.05, 0.1) is 5.69 Å². The fourth-order valence-electron chi connectivity index (χ4n) is 1.97. The fourth-order valence-corrected chi connectivity index (χ4v) is 1.97. The van der Waals surface area contributed by atoms with Crippen molar-refractivity contribution in [1.82, 2.24) is 4.98 Å². The molecule has 1 aromatic heterocycles. The van der Waals surface area contributed by atoms with Crippen LogP contribution in [0, 0.1) is 6.92 Å². The van der Waals surface area contributed by atoms with Crippen molar-refractivity contribution in [2.24, 2.45) is 5.73 Å². The van der Waals surface area contributed by atoms with Crippen LogP contribution in [0.4, 0.5) is 0 Å². The van der Waals surface area contributed by atoms with Crippen LogP contribution in [0.15, 0.2) is 28.7 Å². The van der Waals surface area contributed by atoms with E-state index in [9.17, 15) is 0 Å². The predicted octanol–water partition coefficient (Wildman–Crippen LogP) is 3.27. The Morgan fingerprint density at radius 1 is 1.22 bits per heavy atom. The second kappa shape index (κ2) is 5.36. The molecule has 0 amide bonds. The maximum absolute atomic E-state index is 5.75. The SMILES string of the molecule is Cc1nc(CCN)oc1-c1ccc(C(C)C)cc1. The summed E-state index contributed by atoms with van der Waals surface area (Å²) in [6.45, 7) is 6.91. The molecule has 2 aromatic rings. The first-order valence-electron chi connectivity index (χ1n) is 6.38. The molecule has 0 aliphatic heterocycles. The standard InChI is InChI=1S/C15H20N2O/c1-10(2)12-4-6-13(7-5-12)15-11(3)17-14(18-15)8-9-16/h4-7,10H,8-9,16H2,1-3H3. The van der Waals surface area contributed by atoms with Gasteiger partial charge in [-0.1, -0.05) is 38.1 Å². The highest BCUT2D eigenvalue weighted by Crippen LogP contribution is 2.26. The lowest BCUT2D eigenvalue weighted by Gasteiger charge is -2.05. The third kappa shape index (κ3) is 2.62. The van der Waals surface area contributed by atoms with Crippen molar-refractivity contribution in [2.45, 2.75) is 33.1 Å². The predicted molar refractivity (Wildman–Crippen MR) is 73.5 cm³/mol. The third-order valence-corrected chi connectivity index (χ3v) is 3.04. The number of hydrogen-bond acceptors (Lipinski definition) is 3. The van der Waals surface area contributed by atoms with E-state index < -0.39 is 0 Å². The van der Waals surface area contributed by atoms with Crippen molar-refractivity contribution in [2.75, 3.05) is 6.54 Å². The molecule has 0 aliphatic rings. The molecule has 2 N–H and O–H groups in total. The molecule has 3 heteroatoms. The molecule has 18 heavy (non-hydrogen) atoms. The maximum atomic E-state index is 5.75. The van der Waals surface area contributed by atoms with E-state index in [1.54, 1.807) is 0 Å². The lowest BCUT2D eigenvalue weighted by molar-refractivity contribution is 0.508. The van der Waals surface area contributed by atoms with Crippen molar-refractivity contribution in [1.29, 1.82) is 0 Å². The topological polar surface area (TPSA) is 52.0 Å². The minimum Gasteiger partial charge on any atom is -0.440 e. The molecule has 0 saturated heterocycles. The molecular formula is C15H20N2O. The molecule has 0 radical (unpaired) electrons. The van der Waals surface area contributed by atoms with Crippen LogP contribution in [0.1, 0.15) is 36.9 Å². The Hall–Kier alpha value is -1.61. The summed E-state index contributed by atoms with van der Waals surface area (Å²) in [5, 5.41) is 0. The first-order valence-corrected chi connectivity index (χ1v) is 6.38. The second-order valence-electron chi connectivity index (χ2n) is 4.84. The minimum atomic E-state index is 0.544. The van der Waals surface area contributed by atoms with Crippen LogP contribution in [-0.4, -0.2) is 11.5 Å². The quantitative estimate of drug-likeness (QED) is 0.898. The monoisotopic (exact) mass is 244 g/mol. The Kier molecular flexibility index (Phi) is 3.82. The molecule has 0 unspecified atom stereocenters. The lowest BCUT2D eigenvalue weighted by Crippen LogP contribution is -2.02. The summed E-state index contributed by atoms with van der Waals surface area (Å²) in [5.41, 5.74) is 8.85. The van der Waals surface area contributed by atoms with Crippen molar-refractivity contribution in [3.05, 3.63) is 41.4 Å². The number of aromatic nitrogens is 1. The van der Waals surface area contributed by atoms with Gasteiger partial charge < -0.3 is 10.2 Å². The molecule has 1 heterocycles. The number of aryl methyl sites for hydroxylation is 1. The number of nitrogens with two attached hydrogens (primary N) is 1.